The summed E-state index contributed by atoms with van der Waals surface area (Å²) < 4.78 is 32.1. The monoisotopic (exact) mass is 447 g/mol. The number of ether oxygens (including phenoxy) is 1. The number of sulfonamides is 1. The Morgan fingerprint density at radius 1 is 1.13 bits per heavy atom. The molecule has 0 aliphatic heterocycles. The van der Waals surface area contributed by atoms with Crippen molar-refractivity contribution in [2.45, 2.75) is 24.7 Å². The fraction of sp³-hybridized carbons (Fsp3) is 0.238. The van der Waals surface area contributed by atoms with Gasteiger partial charge in [-0.3, -0.25) is 10.1 Å². The van der Waals surface area contributed by atoms with E-state index in [0.717, 1.165) is 12.8 Å². The summed E-state index contributed by atoms with van der Waals surface area (Å²) in [5.41, 5.74) is 0.986. The second-order valence-corrected chi connectivity index (χ2v) is 8.47. The van der Waals surface area contributed by atoms with Gasteiger partial charge in [0, 0.05) is 17.8 Å². The molecular weight excluding hydrogens is 422 g/mol. The lowest BCUT2D eigenvalue weighted by atomic mass is 10.2. The highest BCUT2D eigenvalue weighted by atomic mass is 32.2. The molecule has 7 nitrogen and oxygen atoms in total. The van der Waals surface area contributed by atoms with E-state index >= 15 is 0 Å². The molecule has 0 radical (unpaired) electrons. The quantitative estimate of drug-likeness (QED) is 0.293. The third-order valence-electron chi connectivity index (χ3n) is 3.95. The van der Waals surface area contributed by atoms with E-state index < -0.39 is 10.0 Å². The average molecular weight is 448 g/mol. The number of carbonyl (C=O) groups excluding carboxylic acids is 1. The van der Waals surface area contributed by atoms with Crippen molar-refractivity contribution in [3.8, 4) is 5.75 Å². The third kappa shape index (κ3) is 7.25. The SMILES string of the molecule is C=CCNS(=O)(=O)c1ccc(NC(=S)NC(=O)c2ccc(OCCCC)cc2)cc1. The molecule has 0 atom stereocenters. The zero-order valence-corrected chi connectivity index (χ0v) is 18.3. The van der Waals surface area contributed by atoms with Crippen LogP contribution in [-0.2, 0) is 10.0 Å². The Bertz CT molecular complexity index is 972. The second kappa shape index (κ2) is 11.4. The molecule has 0 aromatic heterocycles. The third-order valence-corrected chi connectivity index (χ3v) is 5.59. The highest BCUT2D eigenvalue weighted by molar-refractivity contribution is 7.89. The minimum Gasteiger partial charge on any atom is -0.494 e. The fourth-order valence-corrected chi connectivity index (χ4v) is 3.55. The number of amides is 1. The van der Waals surface area contributed by atoms with Crippen LogP contribution in [0.15, 0.2) is 66.1 Å². The number of hydrogen-bond acceptors (Lipinski definition) is 5. The van der Waals surface area contributed by atoms with Gasteiger partial charge in [0.15, 0.2) is 5.11 Å². The van der Waals surface area contributed by atoms with Crippen molar-refractivity contribution in [1.29, 1.82) is 0 Å². The van der Waals surface area contributed by atoms with E-state index in [1.165, 1.54) is 18.2 Å². The summed E-state index contributed by atoms with van der Waals surface area (Å²) in [6.07, 6.45) is 3.48. The smallest absolute Gasteiger partial charge is 0.257 e. The number of carbonyl (C=O) groups is 1. The van der Waals surface area contributed by atoms with E-state index in [0.29, 0.717) is 23.6 Å². The predicted octanol–water partition coefficient (Wildman–Crippen LogP) is 3.46. The number of rotatable bonds is 10. The van der Waals surface area contributed by atoms with Gasteiger partial charge in [0.05, 0.1) is 11.5 Å². The van der Waals surface area contributed by atoms with Crippen molar-refractivity contribution in [3.63, 3.8) is 0 Å². The topological polar surface area (TPSA) is 96.5 Å². The molecule has 9 heteroatoms. The van der Waals surface area contributed by atoms with Crippen LogP contribution in [0.5, 0.6) is 5.75 Å². The van der Waals surface area contributed by atoms with E-state index in [-0.39, 0.29) is 22.5 Å². The van der Waals surface area contributed by atoms with Crippen LogP contribution in [-0.4, -0.2) is 32.6 Å². The number of hydrogen-bond donors (Lipinski definition) is 3. The van der Waals surface area contributed by atoms with Crippen LogP contribution in [0.25, 0.3) is 0 Å². The summed E-state index contributed by atoms with van der Waals surface area (Å²) in [4.78, 5) is 12.4. The van der Waals surface area contributed by atoms with E-state index in [2.05, 4.69) is 28.9 Å². The first kappa shape index (κ1) is 23.5. The van der Waals surface area contributed by atoms with Crippen LogP contribution in [0.3, 0.4) is 0 Å². The highest BCUT2D eigenvalue weighted by Gasteiger charge is 2.13. The van der Waals surface area contributed by atoms with Gasteiger partial charge in [-0.25, -0.2) is 13.1 Å². The Hall–Kier alpha value is -2.75. The summed E-state index contributed by atoms with van der Waals surface area (Å²) in [5.74, 6) is 0.346. The van der Waals surface area contributed by atoms with Gasteiger partial charge in [-0.2, -0.15) is 0 Å². The molecule has 0 aliphatic carbocycles. The molecule has 0 spiro atoms. The molecule has 3 N–H and O–H groups in total. The minimum absolute atomic E-state index is 0.101. The van der Waals surface area contributed by atoms with E-state index in [1.54, 1.807) is 36.4 Å². The van der Waals surface area contributed by atoms with Gasteiger partial charge >= 0.3 is 0 Å². The lowest BCUT2D eigenvalue weighted by Gasteiger charge is -2.11. The Balaban J connectivity index is 1.90. The summed E-state index contributed by atoms with van der Waals surface area (Å²) in [6, 6.07) is 12.8. The molecule has 0 aliphatic rings. The van der Waals surface area contributed by atoms with Crippen molar-refractivity contribution in [2.75, 3.05) is 18.5 Å². The molecule has 0 unspecified atom stereocenters. The predicted molar refractivity (Wildman–Crippen MR) is 122 cm³/mol. The molecule has 1 amide bonds. The molecule has 30 heavy (non-hydrogen) atoms. The van der Waals surface area contributed by atoms with Gasteiger partial charge in [-0.15, -0.1) is 6.58 Å². The average Bonchev–Trinajstić information content (AvgIpc) is 2.73. The van der Waals surface area contributed by atoms with Gasteiger partial charge in [0.2, 0.25) is 10.0 Å². The first-order chi connectivity index (χ1) is 14.4. The van der Waals surface area contributed by atoms with Crippen LogP contribution in [0.1, 0.15) is 30.1 Å². The molecule has 2 rings (SSSR count). The maximum atomic E-state index is 12.3. The molecule has 0 saturated carbocycles. The normalized spacial score (nSPS) is 10.8. The number of thiocarbonyl (C=S) groups is 1. The van der Waals surface area contributed by atoms with Crippen LogP contribution in [0.4, 0.5) is 5.69 Å². The molecular formula is C21H25N3O4S2. The van der Waals surface area contributed by atoms with Crippen molar-refractivity contribution >= 4 is 38.9 Å². The zero-order valence-electron chi connectivity index (χ0n) is 16.7. The molecule has 0 bridgehead atoms. The maximum absolute atomic E-state index is 12.3. The van der Waals surface area contributed by atoms with Crippen LogP contribution in [0.2, 0.25) is 0 Å². The van der Waals surface area contributed by atoms with Crippen LogP contribution in [0, 0.1) is 0 Å². The molecule has 0 saturated heterocycles. The number of unbranched alkanes of at least 4 members (excludes halogenated alkanes) is 1. The fourth-order valence-electron chi connectivity index (χ4n) is 2.34. The van der Waals surface area contributed by atoms with E-state index in [1.807, 2.05) is 0 Å². The number of benzene rings is 2. The van der Waals surface area contributed by atoms with Crippen LogP contribution >= 0.6 is 12.2 Å². The van der Waals surface area contributed by atoms with Crippen molar-refractivity contribution in [3.05, 3.63) is 66.7 Å². The molecule has 2 aromatic carbocycles. The van der Waals surface area contributed by atoms with Gasteiger partial charge < -0.3 is 10.1 Å². The van der Waals surface area contributed by atoms with Crippen LogP contribution < -0.4 is 20.1 Å². The lowest BCUT2D eigenvalue weighted by Crippen LogP contribution is -2.34. The first-order valence-corrected chi connectivity index (χ1v) is 11.3. The summed E-state index contributed by atoms with van der Waals surface area (Å²) in [7, 11) is -3.60. The molecule has 0 heterocycles. The Labute approximate surface area is 182 Å². The Kier molecular flexibility index (Phi) is 8.97. The molecule has 2 aromatic rings. The molecule has 0 fully saturated rings. The summed E-state index contributed by atoms with van der Waals surface area (Å²) in [5, 5.41) is 5.54. The second-order valence-electron chi connectivity index (χ2n) is 6.30. The molecule has 160 valence electrons. The van der Waals surface area contributed by atoms with Gasteiger partial charge in [0.25, 0.3) is 5.91 Å². The largest absolute Gasteiger partial charge is 0.494 e. The Morgan fingerprint density at radius 2 is 1.80 bits per heavy atom. The maximum Gasteiger partial charge on any atom is 0.257 e. The number of anilines is 1. The van der Waals surface area contributed by atoms with E-state index in [9.17, 15) is 13.2 Å². The van der Waals surface area contributed by atoms with Gasteiger partial charge in [-0.1, -0.05) is 19.4 Å². The lowest BCUT2D eigenvalue weighted by molar-refractivity contribution is 0.0977. The standard InChI is InChI=1S/C21H25N3O4S2/c1-3-5-15-28-18-10-6-16(7-11-18)20(25)24-21(29)23-17-8-12-19(13-9-17)30(26,27)22-14-4-2/h4,6-13,22H,2-3,5,14-15H2,1H3,(H2,23,24,25,29). The van der Waals surface area contributed by atoms with Crippen molar-refractivity contribution in [1.82, 2.24) is 10.0 Å². The summed E-state index contributed by atoms with van der Waals surface area (Å²) in [6.45, 7) is 6.35. The minimum atomic E-state index is -3.60. The summed E-state index contributed by atoms with van der Waals surface area (Å²) >= 11 is 5.16. The highest BCUT2D eigenvalue weighted by Crippen LogP contribution is 2.15. The van der Waals surface area contributed by atoms with Gasteiger partial charge in [-0.05, 0) is 67.2 Å². The first-order valence-electron chi connectivity index (χ1n) is 9.41. The van der Waals surface area contributed by atoms with E-state index in [4.69, 9.17) is 17.0 Å². The van der Waals surface area contributed by atoms with Crippen molar-refractivity contribution < 1.29 is 17.9 Å². The zero-order chi connectivity index (χ0) is 22.0. The number of nitrogens with one attached hydrogen (secondary N) is 3. The van der Waals surface area contributed by atoms with Gasteiger partial charge in [0.1, 0.15) is 5.75 Å². The Morgan fingerprint density at radius 3 is 2.40 bits per heavy atom. The van der Waals surface area contributed by atoms with Crippen molar-refractivity contribution in [2.24, 2.45) is 0 Å².